The maximum Gasteiger partial charge on any atom is 0.347 e. The highest BCUT2D eigenvalue weighted by molar-refractivity contribution is 7.88. The van der Waals surface area contributed by atoms with Gasteiger partial charge in [0.1, 0.15) is 11.7 Å². The third kappa shape index (κ3) is 1.27. The summed E-state index contributed by atoms with van der Waals surface area (Å²) in [6, 6.07) is 0. The first-order valence-electron chi connectivity index (χ1n) is 2.75. The molecule has 0 radical (unpaired) electrons. The van der Waals surface area contributed by atoms with Crippen LogP contribution in [0, 0.1) is 0 Å². The summed E-state index contributed by atoms with van der Waals surface area (Å²) in [6.45, 7) is 0. The van der Waals surface area contributed by atoms with E-state index in [0.29, 0.717) is 0 Å². The van der Waals surface area contributed by atoms with Crippen molar-refractivity contribution in [2.45, 2.75) is 0 Å². The second-order valence-electron chi connectivity index (χ2n) is 2.03. The lowest BCUT2D eigenvalue weighted by atomic mass is 10.5. The lowest BCUT2D eigenvalue weighted by Crippen LogP contribution is -2.35. The Kier molecular flexibility index (Phi) is 1.52. The summed E-state index contributed by atoms with van der Waals surface area (Å²) in [7, 11) is -2.35. The first-order valence-corrected chi connectivity index (χ1v) is 4.14. The van der Waals surface area contributed by atoms with E-state index in [9.17, 15) is 8.42 Å². The van der Waals surface area contributed by atoms with E-state index in [1.54, 1.807) is 0 Å². The SMILES string of the molecule is CN1C(N)=CC(N)=NS1(=O)=O. The first-order chi connectivity index (χ1) is 4.93. The molecule has 0 aromatic heterocycles. The first kappa shape index (κ1) is 7.86. The molecule has 0 aromatic rings. The minimum atomic E-state index is -3.66. The van der Waals surface area contributed by atoms with Crippen LogP contribution in [0.2, 0.25) is 0 Å². The smallest absolute Gasteiger partial charge is 0.347 e. The summed E-state index contributed by atoms with van der Waals surface area (Å²) in [5.41, 5.74) is 10.4. The average molecular weight is 176 g/mol. The molecule has 0 saturated heterocycles. The number of nitrogens with two attached hydrogens (primary N) is 2. The Balaban J connectivity index is 3.22. The monoisotopic (exact) mass is 176 g/mol. The second-order valence-corrected chi connectivity index (χ2v) is 3.66. The fraction of sp³-hybridized carbons (Fsp3) is 0.250. The van der Waals surface area contributed by atoms with E-state index in [-0.39, 0.29) is 11.7 Å². The average Bonchev–Trinajstić information content (AvgIpc) is 1.81. The molecule has 1 rings (SSSR count). The Labute approximate surface area is 64.4 Å². The molecule has 6 nitrogen and oxygen atoms in total. The Morgan fingerprint density at radius 2 is 2.09 bits per heavy atom. The highest BCUT2D eigenvalue weighted by Crippen LogP contribution is 2.09. The maximum absolute atomic E-state index is 10.9. The number of amidine groups is 1. The van der Waals surface area contributed by atoms with Gasteiger partial charge in [-0.05, 0) is 0 Å². The van der Waals surface area contributed by atoms with Crippen molar-refractivity contribution in [3.05, 3.63) is 11.9 Å². The number of rotatable bonds is 0. The summed E-state index contributed by atoms with van der Waals surface area (Å²) in [5.74, 6) is -0.0295. The van der Waals surface area contributed by atoms with Crippen LogP contribution in [-0.2, 0) is 10.2 Å². The van der Waals surface area contributed by atoms with Gasteiger partial charge in [-0.3, -0.25) is 0 Å². The highest BCUT2D eigenvalue weighted by atomic mass is 32.2. The van der Waals surface area contributed by atoms with E-state index in [1.165, 1.54) is 13.1 Å². The third-order valence-corrected chi connectivity index (χ3v) is 2.57. The van der Waals surface area contributed by atoms with Gasteiger partial charge >= 0.3 is 10.2 Å². The fourth-order valence-corrected chi connectivity index (χ4v) is 1.36. The van der Waals surface area contributed by atoms with E-state index >= 15 is 0 Å². The number of hydrogen-bond acceptors (Lipinski definition) is 4. The van der Waals surface area contributed by atoms with Crippen LogP contribution in [0.4, 0.5) is 0 Å². The predicted molar refractivity (Wildman–Crippen MR) is 40.6 cm³/mol. The van der Waals surface area contributed by atoms with Gasteiger partial charge in [0.25, 0.3) is 0 Å². The Hall–Kier alpha value is -1.24. The fourth-order valence-electron chi connectivity index (χ4n) is 0.596. The molecule has 1 aliphatic rings. The van der Waals surface area contributed by atoms with Crippen molar-refractivity contribution in [2.75, 3.05) is 7.05 Å². The van der Waals surface area contributed by atoms with Crippen LogP contribution in [0.3, 0.4) is 0 Å². The summed E-state index contributed by atoms with van der Waals surface area (Å²) in [4.78, 5) is 0. The van der Waals surface area contributed by atoms with E-state index in [1.807, 2.05) is 0 Å². The minimum Gasteiger partial charge on any atom is -0.384 e. The molecule has 7 heteroatoms. The van der Waals surface area contributed by atoms with E-state index in [4.69, 9.17) is 11.5 Å². The molecule has 0 saturated carbocycles. The van der Waals surface area contributed by atoms with Crippen LogP contribution < -0.4 is 11.5 Å². The van der Waals surface area contributed by atoms with Crippen molar-refractivity contribution in [2.24, 2.45) is 15.9 Å². The van der Waals surface area contributed by atoms with Gasteiger partial charge in [-0.25, -0.2) is 4.31 Å². The zero-order valence-corrected chi connectivity index (χ0v) is 6.67. The number of nitrogens with zero attached hydrogens (tertiary/aromatic N) is 2. The molecule has 0 aliphatic carbocycles. The van der Waals surface area contributed by atoms with Gasteiger partial charge in [0.05, 0.1) is 0 Å². The summed E-state index contributed by atoms with van der Waals surface area (Å²) < 4.78 is 25.9. The van der Waals surface area contributed by atoms with Crippen molar-refractivity contribution >= 4 is 16.0 Å². The zero-order chi connectivity index (χ0) is 8.65. The van der Waals surface area contributed by atoms with Crippen molar-refractivity contribution in [3.8, 4) is 0 Å². The molecule has 0 bridgehead atoms. The highest BCUT2D eigenvalue weighted by Gasteiger charge is 2.21. The zero-order valence-electron chi connectivity index (χ0n) is 5.85. The standard InChI is InChI=1S/C4H8N4O2S/c1-8-4(6)2-3(5)7-11(8,9)10/h2H,6H2,1H3,(H2,5,7). The maximum atomic E-state index is 10.9. The second kappa shape index (κ2) is 2.12. The molecule has 11 heavy (non-hydrogen) atoms. The summed E-state index contributed by atoms with van der Waals surface area (Å²) in [6.07, 6.45) is 1.28. The van der Waals surface area contributed by atoms with Crippen LogP contribution in [0.15, 0.2) is 16.3 Å². The van der Waals surface area contributed by atoms with Crippen LogP contribution in [-0.4, -0.2) is 25.6 Å². The largest absolute Gasteiger partial charge is 0.384 e. The van der Waals surface area contributed by atoms with Gasteiger partial charge in [-0.1, -0.05) is 0 Å². The molecule has 0 unspecified atom stereocenters. The van der Waals surface area contributed by atoms with Crippen molar-refractivity contribution in [3.63, 3.8) is 0 Å². The van der Waals surface area contributed by atoms with Gasteiger partial charge in [0, 0.05) is 13.1 Å². The van der Waals surface area contributed by atoms with Gasteiger partial charge in [-0.2, -0.15) is 8.42 Å². The van der Waals surface area contributed by atoms with Gasteiger partial charge in [0.15, 0.2) is 0 Å². The molecule has 1 heterocycles. The van der Waals surface area contributed by atoms with Crippen LogP contribution in [0.25, 0.3) is 0 Å². The van der Waals surface area contributed by atoms with Crippen molar-refractivity contribution in [1.82, 2.24) is 4.31 Å². The normalized spacial score (nSPS) is 22.5. The minimum absolute atomic E-state index is 0.0671. The molecular formula is C4H8N4O2S. The predicted octanol–water partition coefficient (Wildman–Crippen LogP) is -1.67. The lowest BCUT2D eigenvalue weighted by Gasteiger charge is -2.19. The van der Waals surface area contributed by atoms with Crippen molar-refractivity contribution in [1.29, 1.82) is 0 Å². The molecule has 0 spiro atoms. The van der Waals surface area contributed by atoms with Crippen LogP contribution in [0.5, 0.6) is 0 Å². The molecule has 4 N–H and O–H groups in total. The third-order valence-electron chi connectivity index (χ3n) is 1.23. The van der Waals surface area contributed by atoms with Gasteiger partial charge in [0.2, 0.25) is 0 Å². The number of hydrogen-bond donors (Lipinski definition) is 2. The summed E-state index contributed by atoms with van der Waals surface area (Å²) in [5, 5.41) is 0. The van der Waals surface area contributed by atoms with Crippen LogP contribution >= 0.6 is 0 Å². The molecule has 0 fully saturated rings. The molecule has 0 amide bonds. The topological polar surface area (TPSA) is 102 Å². The van der Waals surface area contributed by atoms with Crippen molar-refractivity contribution < 1.29 is 8.42 Å². The molecule has 0 atom stereocenters. The van der Waals surface area contributed by atoms with Gasteiger partial charge in [-0.15, -0.1) is 4.40 Å². The Morgan fingerprint density at radius 1 is 1.55 bits per heavy atom. The molecular weight excluding hydrogens is 168 g/mol. The lowest BCUT2D eigenvalue weighted by molar-refractivity contribution is 0.521. The molecule has 62 valence electrons. The summed E-state index contributed by atoms with van der Waals surface area (Å²) >= 11 is 0. The van der Waals surface area contributed by atoms with Gasteiger partial charge < -0.3 is 11.5 Å². The van der Waals surface area contributed by atoms with E-state index in [2.05, 4.69) is 4.40 Å². The molecule has 0 aromatic carbocycles. The quantitative estimate of drug-likeness (QED) is 0.461. The Bertz CT molecular complexity index is 328. The Morgan fingerprint density at radius 3 is 2.55 bits per heavy atom. The molecule has 1 aliphatic heterocycles. The van der Waals surface area contributed by atoms with E-state index in [0.717, 1.165) is 4.31 Å². The van der Waals surface area contributed by atoms with E-state index < -0.39 is 10.2 Å². The van der Waals surface area contributed by atoms with Crippen LogP contribution in [0.1, 0.15) is 0 Å².